The monoisotopic (exact) mass is 498 g/mol. The van der Waals surface area contributed by atoms with Crippen molar-refractivity contribution in [3.05, 3.63) is 0 Å². The van der Waals surface area contributed by atoms with Gasteiger partial charge in [-0.25, -0.2) is 0 Å². The first-order valence-electron chi connectivity index (χ1n) is 1.86. The minimum absolute atomic E-state index is 0. The van der Waals surface area contributed by atoms with Crippen molar-refractivity contribution in [1.29, 1.82) is 0 Å². The molecule has 16 heteroatoms. The van der Waals surface area contributed by atoms with E-state index in [2.05, 4.69) is 0 Å². The zero-order chi connectivity index (χ0) is 7.15. The molecule has 0 amide bonds. The van der Waals surface area contributed by atoms with Gasteiger partial charge >= 0.3 is 51.4 Å². The Kier molecular flexibility index (Phi) is 1050. The quantitative estimate of drug-likeness (QED) is 0.307. The molecule has 12 nitrogen and oxygen atoms in total. The van der Waals surface area contributed by atoms with Crippen molar-refractivity contribution >= 4 is 80.3 Å². The smallest absolute Gasteiger partial charge is 0 e. The Hall–Kier alpha value is 1.76. The predicted octanol–water partition coefficient (Wildman–Crippen LogP) is -6.49. The molecule has 0 saturated carbocycles. The second kappa shape index (κ2) is 135. The summed E-state index contributed by atoms with van der Waals surface area (Å²) in [6.07, 6.45) is 0. The third-order valence-electron chi connectivity index (χ3n) is 0. The second-order valence-corrected chi connectivity index (χ2v) is 1.04. The molecule has 0 fully saturated rings. The second-order valence-electron chi connectivity index (χ2n) is 1.04. The third kappa shape index (κ3) is 2240. The number of hydrogen-bond donors (Lipinski definition) is 2. The maximum Gasteiger partial charge on any atom is 0 e. The Balaban J connectivity index is -0.00000000187. The molecule has 0 heterocycles. The van der Waals surface area contributed by atoms with Crippen LogP contribution < -0.4 is 0 Å². The molecule has 18 N–H and O–H groups in total. The molecule has 0 spiro atoms. The topological polar surface area (TPSA) is 327 Å². The predicted molar refractivity (Wildman–Crippen MR) is 73.0 cm³/mol. The summed E-state index contributed by atoms with van der Waals surface area (Å²) in [6.45, 7) is 2.17. The molecular formula is C4H26BrCoKMnO12. The van der Waals surface area contributed by atoms with Gasteiger partial charge < -0.3 is 54.0 Å². The van der Waals surface area contributed by atoms with Crippen LogP contribution in [-0.4, -0.2) is 117 Å². The van der Waals surface area contributed by atoms with Gasteiger partial charge in [0.05, 0.1) is 0 Å². The van der Waals surface area contributed by atoms with Crippen LogP contribution in [0, 0.1) is 0 Å². The molecule has 2 radical (unpaired) electrons. The van der Waals surface area contributed by atoms with Crippen molar-refractivity contribution in [2.75, 3.05) is 0 Å². The van der Waals surface area contributed by atoms with Crippen LogP contribution in [0.3, 0.4) is 0 Å². The van der Waals surface area contributed by atoms with Gasteiger partial charge in [-0.2, -0.15) is 0 Å². The van der Waals surface area contributed by atoms with Gasteiger partial charge in [-0.15, -0.1) is 17.0 Å². The van der Waals surface area contributed by atoms with E-state index in [0.717, 1.165) is 13.8 Å². The van der Waals surface area contributed by atoms with E-state index in [0.29, 0.717) is 0 Å². The van der Waals surface area contributed by atoms with Gasteiger partial charge in [0.1, 0.15) is 0 Å². The van der Waals surface area contributed by atoms with E-state index in [4.69, 9.17) is 19.8 Å². The first kappa shape index (κ1) is 156. The molecule has 0 aromatic rings. The fourth-order valence-corrected chi connectivity index (χ4v) is 0. The van der Waals surface area contributed by atoms with E-state index in [1.807, 2.05) is 0 Å². The van der Waals surface area contributed by atoms with E-state index in [9.17, 15) is 0 Å². The Morgan fingerprint density at radius 3 is 0.650 bits per heavy atom. The van der Waals surface area contributed by atoms with E-state index in [1.54, 1.807) is 0 Å². The maximum absolute atomic E-state index is 9.00. The van der Waals surface area contributed by atoms with Crippen molar-refractivity contribution in [3.63, 3.8) is 0 Å². The third-order valence-corrected chi connectivity index (χ3v) is 0. The van der Waals surface area contributed by atoms with Crippen molar-refractivity contribution < 1.29 is 97.5 Å². The minimum atomic E-state index is -0.833. The van der Waals surface area contributed by atoms with Gasteiger partial charge in [-0.05, 0) is 0 Å². The molecule has 0 aliphatic heterocycles. The molecule has 0 atom stereocenters. The van der Waals surface area contributed by atoms with Crippen molar-refractivity contribution in [2.45, 2.75) is 13.8 Å². The van der Waals surface area contributed by atoms with Crippen molar-refractivity contribution in [2.24, 2.45) is 0 Å². The fourth-order valence-electron chi connectivity index (χ4n) is 0. The van der Waals surface area contributed by atoms with Gasteiger partial charge in [0, 0.05) is 47.7 Å². The number of rotatable bonds is 0. The number of hydrogen-bond acceptors (Lipinski definition) is 2. The zero-order valence-corrected chi connectivity index (χ0v) is 13.8. The maximum atomic E-state index is 9.00. The summed E-state index contributed by atoms with van der Waals surface area (Å²) in [5.74, 6) is -1.67. The average Bonchev–Trinajstić information content (AvgIpc) is 1.25. The summed E-state index contributed by atoms with van der Waals surface area (Å²) in [5.41, 5.74) is 0. The van der Waals surface area contributed by atoms with Crippen LogP contribution in [0.1, 0.15) is 13.8 Å². The van der Waals surface area contributed by atoms with Gasteiger partial charge in [-0.3, -0.25) is 9.59 Å². The van der Waals surface area contributed by atoms with E-state index in [1.165, 1.54) is 0 Å². The molecule has 20 heavy (non-hydrogen) atoms. The first-order valence-corrected chi connectivity index (χ1v) is 1.86. The van der Waals surface area contributed by atoms with Crippen LogP contribution >= 0.6 is 17.0 Å². The molecule has 138 valence electrons. The molecule has 0 saturated heterocycles. The molecule has 0 aromatic heterocycles. The number of carboxylic acids is 2. The molecule has 0 bridgehead atoms. The molecular weight excluding hydrogens is 473 g/mol. The van der Waals surface area contributed by atoms with Crippen molar-refractivity contribution in [3.8, 4) is 0 Å². The summed E-state index contributed by atoms with van der Waals surface area (Å²) < 4.78 is 0. The Labute approximate surface area is 189 Å². The van der Waals surface area contributed by atoms with Gasteiger partial charge in [0.15, 0.2) is 0 Å². The van der Waals surface area contributed by atoms with E-state index < -0.39 is 11.9 Å². The molecule has 0 rings (SSSR count). The average molecular weight is 499 g/mol. The summed E-state index contributed by atoms with van der Waals surface area (Å²) in [7, 11) is 0. The molecule has 0 aliphatic carbocycles. The van der Waals surface area contributed by atoms with Crippen LogP contribution in [0.25, 0.3) is 0 Å². The van der Waals surface area contributed by atoms with E-state index in [-0.39, 0.29) is 146 Å². The minimum Gasteiger partial charge on any atom is 0 e. The first-order chi connectivity index (χ1) is 3.46. The van der Waals surface area contributed by atoms with Gasteiger partial charge in [-0.1, -0.05) is 0 Å². The van der Waals surface area contributed by atoms with E-state index >= 15 is 0 Å². The Morgan fingerprint density at radius 2 is 0.650 bits per heavy atom. The van der Waals surface area contributed by atoms with Gasteiger partial charge in [0.2, 0.25) is 0 Å². The fraction of sp³-hybridized carbons (Fsp3) is 0.500. The van der Waals surface area contributed by atoms with Crippen LogP contribution in [0.2, 0.25) is 0 Å². The number of halogens is 1. The summed E-state index contributed by atoms with van der Waals surface area (Å²) >= 11 is 0. The summed E-state index contributed by atoms with van der Waals surface area (Å²) in [6, 6.07) is 0. The number of aliphatic carboxylic acids is 2. The molecule has 0 aromatic carbocycles. The van der Waals surface area contributed by atoms with Crippen molar-refractivity contribution in [1.82, 2.24) is 0 Å². The van der Waals surface area contributed by atoms with Gasteiger partial charge in [0.25, 0.3) is 11.9 Å². The summed E-state index contributed by atoms with van der Waals surface area (Å²) in [4.78, 5) is 18.0. The van der Waals surface area contributed by atoms with Crippen LogP contribution in [-0.2, 0) is 43.4 Å². The number of carboxylic acid groups (broad SMARTS) is 2. The van der Waals surface area contributed by atoms with Crippen LogP contribution in [0.4, 0.5) is 0 Å². The molecule has 0 aliphatic rings. The van der Waals surface area contributed by atoms with Crippen LogP contribution in [0.15, 0.2) is 0 Å². The normalized spacial score (nSPS) is 2.50. The standard InChI is InChI=1S/2C2H4O2.BrH.Co.K.Mn.8H2O.H/c2*1-2(3)4;;;;;;;;;;;;;/h2*1H3,(H,3,4);1H;;;;8*1H2;. The zero-order valence-electron chi connectivity index (χ0n) is 9.83. The molecule has 0 unspecified atom stereocenters. The summed E-state index contributed by atoms with van der Waals surface area (Å²) in [5, 5.41) is 14.8. The Morgan fingerprint density at radius 1 is 0.650 bits per heavy atom. The Bertz CT molecular complexity index is 93.5. The number of carbonyl (C=O) groups is 2. The van der Waals surface area contributed by atoms with Crippen LogP contribution in [0.5, 0.6) is 0 Å². The largest absolute Gasteiger partial charge is 0 e. The SMILES string of the molecule is Br.CC(=O)O.CC(=O)O.O.O.O.O.O.O.O.O.[Co].[KH].[Mn].